The van der Waals surface area contributed by atoms with Crippen LogP contribution in [0.1, 0.15) is 72.4 Å². The van der Waals surface area contributed by atoms with E-state index in [-0.39, 0.29) is 36.8 Å². The van der Waals surface area contributed by atoms with Gasteiger partial charge in [-0.1, -0.05) is 27.7 Å². The largest absolute Gasteiger partial charge is 0.497 e. The molecule has 1 N–H and O–H groups in total. The van der Waals surface area contributed by atoms with Crippen molar-refractivity contribution in [2.24, 2.45) is 11.3 Å². The van der Waals surface area contributed by atoms with Crippen molar-refractivity contribution in [3.05, 3.63) is 23.9 Å². The lowest BCUT2D eigenvalue weighted by Crippen LogP contribution is -2.57. The molecule has 2 aliphatic heterocycles. The van der Waals surface area contributed by atoms with Crippen molar-refractivity contribution in [1.82, 2.24) is 20.2 Å². The third-order valence-electron chi connectivity index (χ3n) is 8.94. The van der Waals surface area contributed by atoms with E-state index in [1.807, 2.05) is 0 Å². The Labute approximate surface area is 261 Å². The normalized spacial score (nSPS) is 29.5. The van der Waals surface area contributed by atoms with Crippen LogP contribution in [0.15, 0.2) is 18.2 Å². The Morgan fingerprint density at radius 3 is 2.49 bits per heavy atom. The molecule has 45 heavy (non-hydrogen) atoms. The fourth-order valence-corrected chi connectivity index (χ4v) is 6.50. The molecule has 3 heterocycles. The van der Waals surface area contributed by atoms with E-state index in [1.54, 1.807) is 45.9 Å². The van der Waals surface area contributed by atoms with Gasteiger partial charge < -0.3 is 29.2 Å². The number of hydrogen-bond donors (Lipinski definition) is 1. The summed E-state index contributed by atoms with van der Waals surface area (Å²) in [5, 5.41) is 2.74. The summed E-state index contributed by atoms with van der Waals surface area (Å²) >= 11 is 0. The predicted molar refractivity (Wildman–Crippen MR) is 159 cm³/mol. The number of Topliss-reactive ketones (excluding diaryl/α,β-unsaturated/α-hetero) is 1. The molecule has 0 spiro atoms. The molecule has 1 saturated carbocycles. The zero-order chi connectivity index (χ0) is 32.7. The van der Waals surface area contributed by atoms with Crippen molar-refractivity contribution < 1.29 is 42.1 Å². The van der Waals surface area contributed by atoms with Crippen molar-refractivity contribution in [1.29, 1.82) is 0 Å². The monoisotopic (exact) mass is 632 g/mol. The van der Waals surface area contributed by atoms with E-state index in [1.165, 1.54) is 18.9 Å². The lowest BCUT2D eigenvalue weighted by atomic mass is 9.85. The average molecular weight is 633 g/mol. The maximum absolute atomic E-state index is 16.0. The zero-order valence-electron chi connectivity index (χ0n) is 26.6. The molecule has 246 valence electrons. The van der Waals surface area contributed by atoms with Crippen molar-refractivity contribution in [2.45, 2.75) is 103 Å². The first-order valence-corrected chi connectivity index (χ1v) is 15.5. The van der Waals surface area contributed by atoms with Gasteiger partial charge in [-0.2, -0.15) is 8.78 Å². The molecule has 0 unspecified atom stereocenters. The van der Waals surface area contributed by atoms with Crippen molar-refractivity contribution in [3.8, 4) is 11.6 Å². The van der Waals surface area contributed by atoms with E-state index < -0.39 is 71.8 Å². The summed E-state index contributed by atoms with van der Waals surface area (Å²) in [6, 6.07) is 2.77. The van der Waals surface area contributed by atoms with Gasteiger partial charge in [0.05, 0.1) is 36.8 Å². The second-order valence-corrected chi connectivity index (χ2v) is 13.3. The number of aromatic nitrogens is 2. The highest BCUT2D eigenvalue weighted by atomic mass is 19.3. The number of hydrogen-bond acceptors (Lipinski definition) is 9. The summed E-state index contributed by atoms with van der Waals surface area (Å²) in [7, 11) is 1.48. The van der Waals surface area contributed by atoms with Crippen LogP contribution in [0, 0.1) is 11.3 Å². The Morgan fingerprint density at radius 2 is 1.80 bits per heavy atom. The molecule has 1 saturated heterocycles. The average Bonchev–Trinajstić information content (AvgIpc) is 3.55. The van der Waals surface area contributed by atoms with Gasteiger partial charge in [0.1, 0.15) is 24.0 Å². The van der Waals surface area contributed by atoms with Crippen molar-refractivity contribution in [2.75, 3.05) is 20.3 Å². The van der Waals surface area contributed by atoms with Gasteiger partial charge in [-0.3, -0.25) is 9.59 Å². The Bertz CT molecular complexity index is 1450. The molecule has 13 heteroatoms. The smallest absolute Gasteiger partial charge is 0.408 e. The highest BCUT2D eigenvalue weighted by Crippen LogP contribution is 2.40. The summed E-state index contributed by atoms with van der Waals surface area (Å²) in [6.45, 7) is 8.43. The van der Waals surface area contributed by atoms with Gasteiger partial charge in [0.25, 0.3) is 5.92 Å². The number of halogens is 2. The third kappa shape index (κ3) is 6.83. The SMILES string of the molecule is COc1ccc2nc3c(nc2c1)O[C@H]1CN(C(=O)[C@H](C(C)(C)C)NC(=O)O[C@@H]2CCC[C@H]2OCCCC3(F)F)[C@H](C(C)=O)[C@@H]1C. The lowest BCUT2D eigenvalue weighted by molar-refractivity contribution is -0.141. The number of amides is 2. The van der Waals surface area contributed by atoms with Gasteiger partial charge in [-0.15, -0.1) is 0 Å². The number of rotatable bonds is 2. The van der Waals surface area contributed by atoms with E-state index in [2.05, 4.69) is 15.3 Å². The maximum Gasteiger partial charge on any atom is 0.408 e. The molecule has 2 fully saturated rings. The number of fused-ring (bicyclic) bond motifs is 5. The quantitative estimate of drug-likeness (QED) is 0.497. The molecular formula is C32H42F2N4O7. The van der Waals surface area contributed by atoms with Gasteiger partial charge in [0.15, 0.2) is 11.5 Å². The second-order valence-electron chi connectivity index (χ2n) is 13.3. The lowest BCUT2D eigenvalue weighted by Gasteiger charge is -2.35. The summed E-state index contributed by atoms with van der Waals surface area (Å²) in [5.41, 5.74) is -0.855. The van der Waals surface area contributed by atoms with E-state index in [0.717, 1.165) is 6.42 Å². The predicted octanol–water partition coefficient (Wildman–Crippen LogP) is 4.79. The Hall–Kier alpha value is -3.61. The Kier molecular flexibility index (Phi) is 9.21. The third-order valence-corrected chi connectivity index (χ3v) is 8.94. The van der Waals surface area contributed by atoms with Crippen LogP contribution < -0.4 is 14.8 Å². The standard InChI is InChI=1S/C32H42F2N4O7/c1-17-24-16-38(25(17)18(2)39)29(40)27(31(3,4)5)37-30(41)45-23-10-7-9-22(23)43-14-8-13-32(33,34)26-28(44-24)36-21-15-19(42-6)11-12-20(21)35-26/h11-12,15,17,22-25,27H,7-10,13-14,16H2,1-6H3,(H,37,41)/t17-,22-,23-,24+,25+,27-/m1/s1. The fourth-order valence-electron chi connectivity index (χ4n) is 6.50. The Morgan fingerprint density at radius 1 is 1.07 bits per heavy atom. The van der Waals surface area contributed by atoms with E-state index in [9.17, 15) is 14.4 Å². The van der Waals surface area contributed by atoms with Gasteiger partial charge in [-0.25, -0.2) is 14.8 Å². The molecule has 1 aromatic heterocycles. The molecular weight excluding hydrogens is 590 g/mol. The number of methoxy groups -OCH3 is 1. The first kappa shape index (κ1) is 32.8. The van der Waals surface area contributed by atoms with Crippen molar-refractivity contribution >= 4 is 28.8 Å². The van der Waals surface area contributed by atoms with E-state index in [4.69, 9.17) is 18.9 Å². The first-order chi connectivity index (χ1) is 21.2. The summed E-state index contributed by atoms with van der Waals surface area (Å²) < 4.78 is 55.0. The molecule has 2 bridgehead atoms. The molecule has 1 aromatic carbocycles. The minimum absolute atomic E-state index is 0.00477. The van der Waals surface area contributed by atoms with E-state index in [0.29, 0.717) is 24.1 Å². The molecule has 6 atom stereocenters. The number of nitrogens with one attached hydrogen (secondary N) is 1. The van der Waals surface area contributed by atoms with E-state index >= 15 is 8.78 Å². The van der Waals surface area contributed by atoms with Gasteiger partial charge >= 0.3 is 6.09 Å². The van der Waals surface area contributed by atoms with Crippen LogP contribution in [-0.2, 0) is 25.0 Å². The number of ketones is 1. The number of carbonyl (C=O) groups excluding carboxylic acids is 3. The minimum atomic E-state index is -3.44. The molecule has 11 nitrogen and oxygen atoms in total. The van der Waals surface area contributed by atoms with Crippen LogP contribution >= 0.6 is 0 Å². The zero-order valence-corrected chi connectivity index (χ0v) is 26.6. The second kappa shape index (κ2) is 12.6. The van der Waals surface area contributed by atoms with Crippen LogP contribution in [0.2, 0.25) is 0 Å². The topological polar surface area (TPSA) is 129 Å². The number of carbonyl (C=O) groups is 3. The number of nitrogens with zero attached hydrogens (tertiary/aromatic N) is 3. The molecule has 2 aromatic rings. The fraction of sp³-hybridized carbons (Fsp3) is 0.656. The molecule has 1 aliphatic carbocycles. The summed E-state index contributed by atoms with van der Waals surface area (Å²) in [6.07, 6.45) is -1.36. The minimum Gasteiger partial charge on any atom is -0.497 e. The van der Waals surface area contributed by atoms with Crippen molar-refractivity contribution in [3.63, 3.8) is 0 Å². The van der Waals surface area contributed by atoms with Gasteiger partial charge in [0.2, 0.25) is 11.8 Å². The number of alkyl carbamates (subject to hydrolysis) is 1. The van der Waals surface area contributed by atoms with Crippen LogP contribution in [-0.4, -0.2) is 83.3 Å². The Balaban J connectivity index is 1.58. The van der Waals surface area contributed by atoms with Crippen LogP contribution in [0.5, 0.6) is 11.6 Å². The molecule has 5 rings (SSSR count). The van der Waals surface area contributed by atoms with Crippen LogP contribution in [0.3, 0.4) is 0 Å². The van der Waals surface area contributed by atoms with Crippen LogP contribution in [0.4, 0.5) is 13.6 Å². The van der Waals surface area contributed by atoms with Gasteiger partial charge in [0, 0.05) is 25.0 Å². The number of alkyl halides is 2. The first-order valence-electron chi connectivity index (χ1n) is 15.5. The van der Waals surface area contributed by atoms with Gasteiger partial charge in [-0.05, 0) is 50.2 Å². The molecule has 2 amide bonds. The number of benzene rings is 1. The molecule has 3 aliphatic rings. The molecule has 0 radical (unpaired) electrons. The van der Waals surface area contributed by atoms with Crippen LogP contribution in [0.25, 0.3) is 11.0 Å². The maximum atomic E-state index is 16.0. The number of ether oxygens (including phenoxy) is 4. The highest BCUT2D eigenvalue weighted by molar-refractivity contribution is 5.92. The highest BCUT2D eigenvalue weighted by Gasteiger charge is 2.50. The summed E-state index contributed by atoms with van der Waals surface area (Å²) in [5.74, 6) is -4.73. The summed E-state index contributed by atoms with van der Waals surface area (Å²) in [4.78, 5) is 50.3.